The number of aromatic nitrogens is 2. The Morgan fingerprint density at radius 3 is 2.68 bits per heavy atom. The van der Waals surface area contributed by atoms with Crippen LogP contribution in [0.5, 0.6) is 5.88 Å². The number of halogens is 1. The molecule has 0 atom stereocenters. The highest BCUT2D eigenvalue weighted by molar-refractivity contribution is 9.11. The number of aryl methyl sites for hydroxylation is 1. The van der Waals surface area contributed by atoms with Crippen molar-refractivity contribution in [3.8, 4) is 5.88 Å². The van der Waals surface area contributed by atoms with Gasteiger partial charge in [0.15, 0.2) is 0 Å². The minimum atomic E-state index is -3.68. The standard InChI is InChI=1S/C10H10BrN3O3S2/c1-6-5-8(17-2)13-10(12-6)14-19(15,16)9-4-3-7(11)18-9/h3-5H,1-2H3,(H,12,13,14). The van der Waals surface area contributed by atoms with Gasteiger partial charge in [0.1, 0.15) is 4.21 Å². The summed E-state index contributed by atoms with van der Waals surface area (Å²) in [6.07, 6.45) is 0. The number of methoxy groups -OCH3 is 1. The van der Waals surface area contributed by atoms with Crippen LogP contribution in [-0.4, -0.2) is 25.5 Å². The van der Waals surface area contributed by atoms with Gasteiger partial charge in [0.25, 0.3) is 10.0 Å². The van der Waals surface area contributed by atoms with E-state index in [2.05, 4.69) is 30.6 Å². The fourth-order valence-electron chi connectivity index (χ4n) is 1.30. The number of hydrogen-bond acceptors (Lipinski definition) is 6. The molecule has 0 saturated heterocycles. The smallest absolute Gasteiger partial charge is 0.273 e. The van der Waals surface area contributed by atoms with Crippen molar-refractivity contribution in [2.24, 2.45) is 0 Å². The fraction of sp³-hybridized carbons (Fsp3) is 0.200. The molecular weight excluding hydrogens is 354 g/mol. The highest BCUT2D eigenvalue weighted by atomic mass is 79.9. The van der Waals surface area contributed by atoms with Crippen LogP contribution in [0.1, 0.15) is 5.69 Å². The predicted octanol–water partition coefficient (Wildman–Crippen LogP) is 2.42. The van der Waals surface area contributed by atoms with Crippen molar-refractivity contribution >= 4 is 43.2 Å². The molecule has 6 nitrogen and oxygen atoms in total. The highest BCUT2D eigenvalue weighted by Crippen LogP contribution is 2.27. The van der Waals surface area contributed by atoms with Crippen molar-refractivity contribution in [2.45, 2.75) is 11.1 Å². The molecule has 102 valence electrons. The van der Waals surface area contributed by atoms with Gasteiger partial charge in [0, 0.05) is 11.8 Å². The first-order valence-electron chi connectivity index (χ1n) is 5.08. The van der Waals surface area contributed by atoms with E-state index in [0.29, 0.717) is 11.6 Å². The van der Waals surface area contributed by atoms with Crippen LogP contribution in [0, 0.1) is 6.92 Å². The van der Waals surface area contributed by atoms with Gasteiger partial charge in [-0.15, -0.1) is 11.3 Å². The summed E-state index contributed by atoms with van der Waals surface area (Å²) in [7, 11) is -2.22. The van der Waals surface area contributed by atoms with Gasteiger partial charge in [0.05, 0.1) is 10.9 Å². The molecule has 0 aliphatic carbocycles. The monoisotopic (exact) mass is 363 g/mol. The highest BCUT2D eigenvalue weighted by Gasteiger charge is 2.18. The minimum Gasteiger partial charge on any atom is -0.481 e. The van der Waals surface area contributed by atoms with E-state index in [4.69, 9.17) is 4.74 Å². The molecule has 19 heavy (non-hydrogen) atoms. The van der Waals surface area contributed by atoms with Crippen LogP contribution in [0.4, 0.5) is 5.95 Å². The lowest BCUT2D eigenvalue weighted by molar-refractivity contribution is 0.397. The van der Waals surface area contributed by atoms with Crippen molar-refractivity contribution in [3.63, 3.8) is 0 Å². The molecule has 9 heteroatoms. The van der Waals surface area contributed by atoms with E-state index < -0.39 is 10.0 Å². The molecule has 0 spiro atoms. The van der Waals surface area contributed by atoms with Crippen LogP contribution in [0.25, 0.3) is 0 Å². The molecule has 0 amide bonds. The number of nitrogens with one attached hydrogen (secondary N) is 1. The fourth-order valence-corrected chi connectivity index (χ4v) is 4.26. The van der Waals surface area contributed by atoms with E-state index in [1.54, 1.807) is 19.1 Å². The maximum atomic E-state index is 12.1. The third kappa shape index (κ3) is 3.43. The van der Waals surface area contributed by atoms with Gasteiger partial charge in [-0.3, -0.25) is 0 Å². The summed E-state index contributed by atoms with van der Waals surface area (Å²) in [5.74, 6) is 0.291. The Bertz CT molecular complexity index is 700. The molecule has 0 saturated carbocycles. The number of hydrogen-bond donors (Lipinski definition) is 1. The quantitative estimate of drug-likeness (QED) is 0.901. The first kappa shape index (κ1) is 14.2. The van der Waals surface area contributed by atoms with Crippen molar-refractivity contribution < 1.29 is 13.2 Å². The Morgan fingerprint density at radius 2 is 2.11 bits per heavy atom. The number of nitrogens with zero attached hydrogens (tertiary/aromatic N) is 2. The van der Waals surface area contributed by atoms with E-state index in [1.165, 1.54) is 13.2 Å². The molecule has 0 fully saturated rings. The second kappa shape index (κ2) is 5.43. The van der Waals surface area contributed by atoms with Gasteiger partial charge < -0.3 is 4.74 Å². The molecule has 0 unspecified atom stereocenters. The van der Waals surface area contributed by atoms with Crippen LogP contribution in [0.3, 0.4) is 0 Å². The molecule has 0 aliphatic rings. The van der Waals surface area contributed by atoms with E-state index in [-0.39, 0.29) is 10.2 Å². The third-order valence-electron chi connectivity index (χ3n) is 2.08. The maximum Gasteiger partial charge on any atom is 0.273 e. The van der Waals surface area contributed by atoms with Gasteiger partial charge in [-0.05, 0) is 35.0 Å². The van der Waals surface area contributed by atoms with Crippen LogP contribution in [0.15, 0.2) is 26.2 Å². The molecule has 0 radical (unpaired) electrons. The van der Waals surface area contributed by atoms with Gasteiger partial charge >= 0.3 is 0 Å². The lowest BCUT2D eigenvalue weighted by atomic mass is 10.4. The number of thiophene rings is 1. The zero-order valence-corrected chi connectivity index (χ0v) is 13.3. The normalized spacial score (nSPS) is 11.3. The van der Waals surface area contributed by atoms with E-state index in [1.807, 2.05) is 0 Å². The Balaban J connectivity index is 2.32. The second-order valence-electron chi connectivity index (χ2n) is 3.54. The Hall–Kier alpha value is -1.19. The van der Waals surface area contributed by atoms with Crippen LogP contribution >= 0.6 is 27.3 Å². The van der Waals surface area contributed by atoms with Gasteiger partial charge in [0.2, 0.25) is 11.8 Å². The van der Waals surface area contributed by atoms with Crippen molar-refractivity contribution in [1.82, 2.24) is 9.97 Å². The van der Waals surface area contributed by atoms with Crippen LogP contribution in [0.2, 0.25) is 0 Å². The average molecular weight is 364 g/mol. The topological polar surface area (TPSA) is 81.2 Å². The van der Waals surface area contributed by atoms with Crippen LogP contribution < -0.4 is 9.46 Å². The molecular formula is C10H10BrN3O3S2. The lowest BCUT2D eigenvalue weighted by Gasteiger charge is -2.07. The molecule has 0 bridgehead atoms. The molecule has 2 aromatic rings. The lowest BCUT2D eigenvalue weighted by Crippen LogP contribution is -2.14. The maximum absolute atomic E-state index is 12.1. The van der Waals surface area contributed by atoms with Crippen molar-refractivity contribution in [3.05, 3.63) is 27.7 Å². The largest absolute Gasteiger partial charge is 0.481 e. The third-order valence-corrected chi connectivity index (χ3v) is 5.52. The molecule has 2 heterocycles. The number of ether oxygens (including phenoxy) is 1. The minimum absolute atomic E-state index is 0.0126. The Labute approximate surface area is 123 Å². The Morgan fingerprint density at radius 1 is 1.37 bits per heavy atom. The summed E-state index contributed by atoms with van der Waals surface area (Å²) in [6, 6.07) is 4.78. The summed E-state index contributed by atoms with van der Waals surface area (Å²) in [4.78, 5) is 7.95. The summed E-state index contributed by atoms with van der Waals surface area (Å²) in [5, 5.41) is 0. The molecule has 0 aromatic carbocycles. The predicted molar refractivity (Wildman–Crippen MR) is 76.1 cm³/mol. The van der Waals surface area contributed by atoms with E-state index in [0.717, 1.165) is 15.1 Å². The van der Waals surface area contributed by atoms with Gasteiger partial charge in [-0.1, -0.05) is 0 Å². The van der Waals surface area contributed by atoms with E-state index >= 15 is 0 Å². The van der Waals surface area contributed by atoms with E-state index in [9.17, 15) is 8.42 Å². The zero-order valence-electron chi connectivity index (χ0n) is 10.0. The summed E-state index contributed by atoms with van der Waals surface area (Å²) in [5.41, 5.74) is 0.608. The van der Waals surface area contributed by atoms with Crippen molar-refractivity contribution in [1.29, 1.82) is 0 Å². The molecule has 2 rings (SSSR count). The first-order valence-corrected chi connectivity index (χ1v) is 8.18. The Kier molecular flexibility index (Phi) is 4.07. The molecule has 0 aliphatic heterocycles. The van der Waals surface area contributed by atoms with Gasteiger partial charge in [-0.2, -0.15) is 4.98 Å². The number of rotatable bonds is 4. The SMILES string of the molecule is COc1cc(C)nc(NS(=O)(=O)c2ccc(Br)s2)n1. The molecule has 2 aromatic heterocycles. The van der Waals surface area contributed by atoms with Crippen molar-refractivity contribution in [2.75, 3.05) is 11.8 Å². The number of anilines is 1. The second-order valence-corrected chi connectivity index (χ2v) is 7.91. The summed E-state index contributed by atoms with van der Waals surface area (Å²) in [6.45, 7) is 1.73. The van der Waals surface area contributed by atoms with Crippen LogP contribution in [-0.2, 0) is 10.0 Å². The zero-order chi connectivity index (χ0) is 14.0. The average Bonchev–Trinajstić information content (AvgIpc) is 2.75. The molecule has 1 N–H and O–H groups in total. The van der Waals surface area contributed by atoms with Gasteiger partial charge in [-0.25, -0.2) is 18.1 Å². The number of sulfonamides is 1. The summed E-state index contributed by atoms with van der Waals surface area (Å²) >= 11 is 4.33. The summed E-state index contributed by atoms with van der Waals surface area (Å²) < 4.78 is 32.4. The first-order chi connectivity index (χ1) is 8.90.